The molecule has 0 aliphatic carbocycles. The predicted octanol–water partition coefficient (Wildman–Crippen LogP) is 0.930. The van der Waals surface area contributed by atoms with Gasteiger partial charge in [0.05, 0.1) is 24.3 Å². The molecule has 1 aromatic carbocycles. The zero-order valence-electron chi connectivity index (χ0n) is 14.6. The fourth-order valence-electron chi connectivity index (χ4n) is 2.71. The van der Waals surface area contributed by atoms with Crippen LogP contribution in [0.15, 0.2) is 24.3 Å². The van der Waals surface area contributed by atoms with Gasteiger partial charge in [0.15, 0.2) is 0 Å². The fraction of sp³-hybridized carbons (Fsp3) is 0.500. The van der Waals surface area contributed by atoms with Crippen molar-refractivity contribution in [2.24, 2.45) is 5.92 Å². The van der Waals surface area contributed by atoms with Gasteiger partial charge in [0.2, 0.25) is 5.91 Å². The number of nitrogens with zero attached hydrogens (tertiary/aromatic N) is 2. The number of para-hydroxylation sites is 1. The van der Waals surface area contributed by atoms with Crippen LogP contribution in [0.25, 0.3) is 0 Å². The summed E-state index contributed by atoms with van der Waals surface area (Å²) in [4.78, 5) is 24.4. The molecule has 9 heteroatoms. The smallest absolute Gasteiger partial charge is 0.339 e. The number of hydrogen-bond donors (Lipinski definition) is 1. The number of carbonyl (C=O) groups excluding carboxylic acids is 2. The van der Waals surface area contributed by atoms with Crippen LogP contribution in [-0.4, -0.2) is 63.2 Å². The van der Waals surface area contributed by atoms with Crippen LogP contribution in [-0.2, 0) is 19.7 Å². The summed E-state index contributed by atoms with van der Waals surface area (Å²) in [6.07, 6.45) is 1.19. The molecule has 1 fully saturated rings. The zero-order chi connectivity index (χ0) is 18.6. The molecule has 1 aliphatic heterocycles. The Labute approximate surface area is 147 Å². The van der Waals surface area contributed by atoms with E-state index in [1.165, 1.54) is 25.5 Å². The third kappa shape index (κ3) is 4.36. The molecule has 0 unspecified atom stereocenters. The molecule has 1 saturated heterocycles. The minimum atomic E-state index is -3.55. The van der Waals surface area contributed by atoms with Crippen LogP contribution < -0.4 is 5.32 Å². The Hall–Kier alpha value is -1.97. The van der Waals surface area contributed by atoms with E-state index in [4.69, 9.17) is 4.74 Å². The number of esters is 1. The molecule has 0 spiro atoms. The summed E-state index contributed by atoms with van der Waals surface area (Å²) < 4.78 is 31.7. The molecule has 138 valence electrons. The highest BCUT2D eigenvalue weighted by atomic mass is 32.2. The molecule has 0 saturated carbocycles. The van der Waals surface area contributed by atoms with Crippen molar-refractivity contribution in [3.05, 3.63) is 29.8 Å². The van der Waals surface area contributed by atoms with Gasteiger partial charge >= 0.3 is 5.97 Å². The molecule has 1 heterocycles. The maximum Gasteiger partial charge on any atom is 0.339 e. The van der Waals surface area contributed by atoms with Gasteiger partial charge < -0.3 is 10.1 Å². The molecule has 25 heavy (non-hydrogen) atoms. The van der Waals surface area contributed by atoms with Crippen molar-refractivity contribution in [3.63, 3.8) is 0 Å². The number of benzene rings is 1. The summed E-state index contributed by atoms with van der Waals surface area (Å²) in [6, 6.07) is 6.55. The van der Waals surface area contributed by atoms with Gasteiger partial charge in [-0.3, -0.25) is 4.79 Å². The van der Waals surface area contributed by atoms with E-state index in [9.17, 15) is 18.0 Å². The molecular weight excluding hydrogens is 346 g/mol. The summed E-state index contributed by atoms with van der Waals surface area (Å²) in [7, 11) is 0.645. The Balaban J connectivity index is 2.13. The zero-order valence-corrected chi connectivity index (χ0v) is 15.4. The van der Waals surface area contributed by atoms with Gasteiger partial charge in [-0.2, -0.15) is 17.0 Å². The highest BCUT2D eigenvalue weighted by Gasteiger charge is 2.33. The molecule has 1 aliphatic rings. The first kappa shape index (κ1) is 19.4. The minimum absolute atomic E-state index is 0.118. The van der Waals surface area contributed by atoms with Crippen LogP contribution in [0.1, 0.15) is 23.2 Å². The number of carbonyl (C=O) groups is 2. The molecule has 2 rings (SSSR count). The monoisotopic (exact) mass is 369 g/mol. The third-order valence-corrected chi connectivity index (χ3v) is 6.04. The first-order chi connectivity index (χ1) is 11.8. The van der Waals surface area contributed by atoms with Crippen LogP contribution in [0.3, 0.4) is 0 Å². The predicted molar refractivity (Wildman–Crippen MR) is 93.3 cm³/mol. The van der Waals surface area contributed by atoms with Crippen molar-refractivity contribution < 1.29 is 22.7 Å². The van der Waals surface area contributed by atoms with Gasteiger partial charge in [-0.15, -0.1) is 0 Å². The summed E-state index contributed by atoms with van der Waals surface area (Å²) in [5, 5.41) is 2.72. The Morgan fingerprint density at radius 3 is 2.60 bits per heavy atom. The fourth-order valence-corrected chi connectivity index (χ4v) is 3.90. The van der Waals surface area contributed by atoms with Crippen LogP contribution in [0.5, 0.6) is 0 Å². The lowest BCUT2D eigenvalue weighted by Gasteiger charge is -2.32. The lowest BCUT2D eigenvalue weighted by atomic mass is 9.98. The molecule has 0 bridgehead atoms. The van der Waals surface area contributed by atoms with Crippen molar-refractivity contribution in [2.45, 2.75) is 12.8 Å². The first-order valence-electron chi connectivity index (χ1n) is 7.93. The van der Waals surface area contributed by atoms with Crippen LogP contribution in [0.2, 0.25) is 0 Å². The summed E-state index contributed by atoms with van der Waals surface area (Å²) >= 11 is 0. The lowest BCUT2D eigenvalue weighted by Crippen LogP contribution is -2.47. The summed E-state index contributed by atoms with van der Waals surface area (Å²) in [5.41, 5.74) is 0.610. The maximum absolute atomic E-state index is 12.6. The van der Waals surface area contributed by atoms with E-state index in [0.717, 1.165) is 4.31 Å². The number of methoxy groups -OCH3 is 1. The molecule has 1 atom stereocenters. The van der Waals surface area contributed by atoms with Crippen LogP contribution in [0, 0.1) is 5.92 Å². The van der Waals surface area contributed by atoms with E-state index in [-0.39, 0.29) is 18.0 Å². The molecule has 1 aromatic rings. The van der Waals surface area contributed by atoms with E-state index in [2.05, 4.69) is 5.32 Å². The Morgan fingerprint density at radius 1 is 1.28 bits per heavy atom. The van der Waals surface area contributed by atoms with E-state index >= 15 is 0 Å². The number of nitrogens with one attached hydrogen (secondary N) is 1. The van der Waals surface area contributed by atoms with Crippen molar-refractivity contribution in [2.75, 3.05) is 39.6 Å². The quantitative estimate of drug-likeness (QED) is 0.779. The second-order valence-corrected chi connectivity index (χ2v) is 8.16. The van der Waals surface area contributed by atoms with Crippen LogP contribution in [0.4, 0.5) is 5.69 Å². The normalized spacial score (nSPS) is 18.8. The van der Waals surface area contributed by atoms with E-state index in [0.29, 0.717) is 25.1 Å². The standard InChI is InChI=1S/C16H23N3O5S/c1-18(2)25(22,23)19-10-6-7-12(11-19)15(20)17-14-9-5-4-8-13(14)16(21)24-3/h4-5,8-9,12H,6-7,10-11H2,1-3H3,(H,17,20)/t12-/m0/s1. The number of ether oxygens (including phenoxy) is 1. The average Bonchev–Trinajstić information content (AvgIpc) is 2.61. The molecule has 1 amide bonds. The SMILES string of the molecule is COC(=O)c1ccccc1NC(=O)[C@H]1CCCN(S(=O)(=O)N(C)C)C1. The Bertz CT molecular complexity index is 748. The largest absolute Gasteiger partial charge is 0.465 e. The first-order valence-corrected chi connectivity index (χ1v) is 9.33. The molecule has 0 aromatic heterocycles. The van der Waals surface area contributed by atoms with Gasteiger partial charge in [0.1, 0.15) is 0 Å². The highest BCUT2D eigenvalue weighted by Crippen LogP contribution is 2.23. The molecule has 0 radical (unpaired) electrons. The number of piperidine rings is 1. The van der Waals surface area contributed by atoms with Gasteiger partial charge in [-0.1, -0.05) is 12.1 Å². The van der Waals surface area contributed by atoms with Gasteiger partial charge in [0, 0.05) is 27.2 Å². The van der Waals surface area contributed by atoms with Crippen molar-refractivity contribution in [3.8, 4) is 0 Å². The number of rotatable bonds is 5. The van der Waals surface area contributed by atoms with Gasteiger partial charge in [-0.05, 0) is 25.0 Å². The average molecular weight is 369 g/mol. The third-order valence-electron chi connectivity index (χ3n) is 4.13. The van der Waals surface area contributed by atoms with E-state index in [1.807, 2.05) is 0 Å². The van der Waals surface area contributed by atoms with E-state index < -0.39 is 22.1 Å². The molecular formula is C16H23N3O5S. The molecule has 1 N–H and O–H groups in total. The second kappa shape index (κ2) is 7.94. The van der Waals surface area contributed by atoms with Crippen LogP contribution >= 0.6 is 0 Å². The number of amides is 1. The number of anilines is 1. The highest BCUT2D eigenvalue weighted by molar-refractivity contribution is 7.86. The lowest BCUT2D eigenvalue weighted by molar-refractivity contribution is -0.120. The van der Waals surface area contributed by atoms with Crippen molar-refractivity contribution in [1.82, 2.24) is 8.61 Å². The maximum atomic E-state index is 12.6. The molecule has 8 nitrogen and oxygen atoms in total. The number of hydrogen-bond acceptors (Lipinski definition) is 5. The minimum Gasteiger partial charge on any atom is -0.465 e. The summed E-state index contributed by atoms with van der Waals surface area (Å²) in [5.74, 6) is -1.33. The second-order valence-electron chi connectivity index (χ2n) is 6.01. The summed E-state index contributed by atoms with van der Waals surface area (Å²) in [6.45, 7) is 0.510. The van der Waals surface area contributed by atoms with Crippen molar-refractivity contribution in [1.29, 1.82) is 0 Å². The Kier molecular flexibility index (Phi) is 6.15. The topological polar surface area (TPSA) is 96.0 Å². The Morgan fingerprint density at radius 2 is 1.96 bits per heavy atom. The van der Waals surface area contributed by atoms with Gasteiger partial charge in [0.25, 0.3) is 10.2 Å². The van der Waals surface area contributed by atoms with Crippen molar-refractivity contribution >= 4 is 27.8 Å². The van der Waals surface area contributed by atoms with E-state index in [1.54, 1.807) is 24.3 Å². The van der Waals surface area contributed by atoms with Gasteiger partial charge in [-0.25, -0.2) is 4.79 Å².